The van der Waals surface area contributed by atoms with Crippen molar-refractivity contribution in [1.82, 2.24) is 15.3 Å². The molecule has 0 radical (unpaired) electrons. The highest BCUT2D eigenvalue weighted by Gasteiger charge is 2.26. The summed E-state index contributed by atoms with van der Waals surface area (Å²) in [5.41, 5.74) is 5.64. The first-order valence-electron chi connectivity index (χ1n) is 13.2. The van der Waals surface area contributed by atoms with E-state index in [1.807, 2.05) is 0 Å². The number of aryl methyl sites for hydroxylation is 1. The molecule has 3 aromatic rings. The number of amides is 1. The molecule has 2 aliphatic heterocycles. The molecular formula is C29H37N5O2. The molecule has 2 aromatic carbocycles. The number of morpholine rings is 1. The van der Waals surface area contributed by atoms with Gasteiger partial charge in [-0.3, -0.25) is 4.79 Å². The summed E-state index contributed by atoms with van der Waals surface area (Å²) in [6.07, 6.45) is 1.63. The molecule has 0 atom stereocenters. The van der Waals surface area contributed by atoms with Crippen LogP contribution in [0.4, 0.5) is 11.6 Å². The predicted octanol–water partition coefficient (Wildman–Crippen LogP) is 4.43. The summed E-state index contributed by atoms with van der Waals surface area (Å²) < 4.78 is 5.43. The van der Waals surface area contributed by atoms with Crippen LogP contribution in [-0.4, -0.2) is 55.3 Å². The number of nitrogens with zero attached hydrogens (tertiary/aromatic N) is 4. The fourth-order valence-electron chi connectivity index (χ4n) is 5.11. The lowest BCUT2D eigenvalue weighted by molar-refractivity contribution is -0.125. The molecule has 7 nitrogen and oxygen atoms in total. The highest BCUT2D eigenvalue weighted by molar-refractivity contribution is 5.83. The van der Waals surface area contributed by atoms with Crippen LogP contribution in [0.3, 0.4) is 0 Å². The van der Waals surface area contributed by atoms with E-state index in [1.165, 1.54) is 11.3 Å². The molecule has 1 N–H and O–H groups in total. The van der Waals surface area contributed by atoms with Gasteiger partial charge in [0.15, 0.2) is 0 Å². The molecule has 36 heavy (non-hydrogen) atoms. The number of piperidine rings is 1. The second-order valence-corrected chi connectivity index (χ2v) is 10.3. The zero-order valence-electron chi connectivity index (χ0n) is 21.7. The highest BCUT2D eigenvalue weighted by Crippen LogP contribution is 2.26. The van der Waals surface area contributed by atoms with Gasteiger partial charge in [-0.15, -0.1) is 0 Å². The summed E-state index contributed by atoms with van der Waals surface area (Å²) >= 11 is 0. The molecule has 1 aromatic heterocycles. The molecule has 2 saturated heterocycles. The number of carbonyl (C=O) groups excluding carboxylic acids is 1. The van der Waals surface area contributed by atoms with Crippen molar-refractivity contribution in [1.29, 1.82) is 0 Å². The average molecular weight is 488 g/mol. The van der Waals surface area contributed by atoms with Crippen LogP contribution in [0.2, 0.25) is 0 Å². The molecule has 2 fully saturated rings. The van der Waals surface area contributed by atoms with Gasteiger partial charge >= 0.3 is 0 Å². The topological polar surface area (TPSA) is 70.6 Å². The summed E-state index contributed by atoms with van der Waals surface area (Å²) in [6.45, 7) is 12.0. The van der Waals surface area contributed by atoms with Gasteiger partial charge in [0, 0.05) is 49.7 Å². The number of hydrogen-bond acceptors (Lipinski definition) is 6. The van der Waals surface area contributed by atoms with E-state index >= 15 is 0 Å². The maximum absolute atomic E-state index is 12.9. The van der Waals surface area contributed by atoms with Gasteiger partial charge < -0.3 is 19.9 Å². The zero-order valence-corrected chi connectivity index (χ0v) is 21.7. The number of ether oxygens (including phenoxy) is 1. The van der Waals surface area contributed by atoms with Gasteiger partial charge in [-0.1, -0.05) is 32.0 Å². The van der Waals surface area contributed by atoms with Gasteiger partial charge in [-0.05, 0) is 61.1 Å². The van der Waals surface area contributed by atoms with Crippen molar-refractivity contribution in [2.24, 2.45) is 5.92 Å². The normalized spacial score (nSPS) is 17.1. The van der Waals surface area contributed by atoms with E-state index < -0.39 is 0 Å². The Morgan fingerprint density at radius 3 is 2.42 bits per heavy atom. The minimum Gasteiger partial charge on any atom is -0.378 e. The molecule has 5 rings (SSSR count). The van der Waals surface area contributed by atoms with E-state index in [4.69, 9.17) is 14.7 Å². The maximum Gasteiger partial charge on any atom is 0.226 e. The highest BCUT2D eigenvalue weighted by atomic mass is 16.5. The molecule has 3 heterocycles. The Kier molecular flexibility index (Phi) is 7.37. The lowest BCUT2D eigenvalue weighted by Crippen LogP contribution is -2.41. The summed E-state index contributed by atoms with van der Waals surface area (Å²) in [6, 6.07) is 15.0. The van der Waals surface area contributed by atoms with Gasteiger partial charge in [0.1, 0.15) is 0 Å². The Hall–Kier alpha value is -3.19. The third kappa shape index (κ3) is 5.46. The summed E-state index contributed by atoms with van der Waals surface area (Å²) in [5, 5.41) is 4.27. The molecule has 0 bridgehead atoms. The smallest absolute Gasteiger partial charge is 0.226 e. The van der Waals surface area contributed by atoms with Gasteiger partial charge in [0.2, 0.25) is 11.9 Å². The van der Waals surface area contributed by atoms with E-state index in [0.717, 1.165) is 80.3 Å². The number of carbonyl (C=O) groups is 1. The Morgan fingerprint density at radius 2 is 1.72 bits per heavy atom. The van der Waals surface area contributed by atoms with Crippen molar-refractivity contribution in [3.05, 3.63) is 59.3 Å². The zero-order chi connectivity index (χ0) is 25.1. The van der Waals surface area contributed by atoms with Crippen LogP contribution in [0.15, 0.2) is 42.5 Å². The number of hydrogen-bond donors (Lipinski definition) is 1. The van der Waals surface area contributed by atoms with Gasteiger partial charge in [0.05, 0.1) is 24.4 Å². The lowest BCUT2D eigenvalue weighted by atomic mass is 9.96. The molecule has 0 saturated carbocycles. The Morgan fingerprint density at radius 1 is 1.00 bits per heavy atom. The Labute approximate surface area is 213 Å². The van der Waals surface area contributed by atoms with Crippen molar-refractivity contribution >= 4 is 28.4 Å². The van der Waals surface area contributed by atoms with E-state index in [0.29, 0.717) is 12.5 Å². The molecular weight excluding hydrogens is 450 g/mol. The van der Waals surface area contributed by atoms with E-state index in [2.05, 4.69) is 78.4 Å². The second kappa shape index (κ2) is 10.8. The minimum absolute atomic E-state index is 0.0315. The van der Waals surface area contributed by atoms with E-state index in [-0.39, 0.29) is 11.8 Å². The largest absolute Gasteiger partial charge is 0.378 e. The lowest BCUT2D eigenvalue weighted by Gasteiger charge is -2.31. The Bertz CT molecular complexity index is 1200. The van der Waals surface area contributed by atoms with Gasteiger partial charge in [-0.25, -0.2) is 9.97 Å². The number of anilines is 2. The first kappa shape index (κ1) is 24.5. The predicted molar refractivity (Wildman–Crippen MR) is 145 cm³/mol. The average Bonchev–Trinajstić information content (AvgIpc) is 2.92. The van der Waals surface area contributed by atoms with E-state index in [1.54, 1.807) is 0 Å². The fourth-order valence-corrected chi connectivity index (χ4v) is 5.11. The molecule has 2 aliphatic rings. The second-order valence-electron chi connectivity index (χ2n) is 10.3. The van der Waals surface area contributed by atoms with Crippen LogP contribution in [0.5, 0.6) is 0 Å². The quantitative estimate of drug-likeness (QED) is 0.555. The number of nitrogens with one attached hydrogen (secondary N) is 1. The van der Waals surface area contributed by atoms with Crippen molar-refractivity contribution in [3.63, 3.8) is 0 Å². The van der Waals surface area contributed by atoms with Crippen LogP contribution < -0.4 is 15.1 Å². The molecule has 0 spiro atoms. The van der Waals surface area contributed by atoms with Crippen molar-refractivity contribution in [2.45, 2.75) is 46.1 Å². The summed E-state index contributed by atoms with van der Waals surface area (Å²) in [5.74, 6) is 1.43. The van der Waals surface area contributed by atoms with Gasteiger partial charge in [0.25, 0.3) is 0 Å². The van der Waals surface area contributed by atoms with Crippen molar-refractivity contribution in [3.8, 4) is 0 Å². The fraction of sp³-hybridized carbons (Fsp3) is 0.483. The Balaban J connectivity index is 1.14. The van der Waals surface area contributed by atoms with Crippen LogP contribution in [-0.2, 0) is 16.1 Å². The molecule has 1 amide bonds. The van der Waals surface area contributed by atoms with Crippen molar-refractivity contribution in [2.75, 3.05) is 49.2 Å². The number of rotatable bonds is 6. The standard InChI is InChI=1S/C29H37N5O2/c1-20(2)24-6-9-27-26(18-24)21(3)31-29(32-27)34-12-10-23(11-13-34)28(35)30-19-22-4-7-25(8-5-22)33-14-16-36-17-15-33/h4-9,18,20,23H,10-17,19H2,1-3H3,(H,30,35). The number of benzene rings is 2. The van der Waals surface area contributed by atoms with Crippen LogP contribution in [0.1, 0.15) is 49.4 Å². The number of aromatic nitrogens is 2. The van der Waals surface area contributed by atoms with Crippen LogP contribution in [0.25, 0.3) is 10.9 Å². The first-order chi connectivity index (χ1) is 17.5. The van der Waals surface area contributed by atoms with E-state index in [9.17, 15) is 4.79 Å². The first-order valence-corrected chi connectivity index (χ1v) is 13.2. The monoisotopic (exact) mass is 487 g/mol. The van der Waals surface area contributed by atoms with Crippen molar-refractivity contribution < 1.29 is 9.53 Å². The molecule has 0 aliphatic carbocycles. The number of fused-ring (bicyclic) bond motifs is 1. The summed E-state index contributed by atoms with van der Waals surface area (Å²) in [7, 11) is 0. The van der Waals surface area contributed by atoms with Gasteiger partial charge in [-0.2, -0.15) is 0 Å². The minimum atomic E-state index is 0.0315. The molecule has 0 unspecified atom stereocenters. The molecule has 7 heteroatoms. The van der Waals surface area contributed by atoms with Crippen LogP contribution in [0, 0.1) is 12.8 Å². The third-order valence-corrected chi connectivity index (χ3v) is 7.49. The third-order valence-electron chi connectivity index (χ3n) is 7.49. The van der Waals surface area contributed by atoms with Crippen LogP contribution >= 0.6 is 0 Å². The maximum atomic E-state index is 12.9. The summed E-state index contributed by atoms with van der Waals surface area (Å²) in [4.78, 5) is 27.1. The SMILES string of the molecule is Cc1nc(N2CCC(C(=O)NCc3ccc(N4CCOCC4)cc3)CC2)nc2ccc(C(C)C)cc12. The molecule has 190 valence electrons.